The second-order valence-corrected chi connectivity index (χ2v) is 22.9. The number of pyridine rings is 2. The highest BCUT2D eigenvalue weighted by atomic mass is 16.5. The first-order valence-electron chi connectivity index (χ1n) is 29.4. The number of aryl methyl sites for hydroxylation is 1. The maximum atomic E-state index is 13.2. The summed E-state index contributed by atoms with van der Waals surface area (Å²) in [5.74, 6) is -3.10. The number of hydrogen-bond donors (Lipinski definition) is 6. The van der Waals surface area contributed by atoms with E-state index in [4.69, 9.17) is 9.47 Å². The van der Waals surface area contributed by atoms with E-state index in [1.165, 1.54) is 10.0 Å². The molecule has 82 heavy (non-hydrogen) atoms. The van der Waals surface area contributed by atoms with E-state index >= 15 is 0 Å². The molecule has 0 saturated carbocycles. The summed E-state index contributed by atoms with van der Waals surface area (Å²) in [4.78, 5) is 113. The maximum Gasteiger partial charge on any atom is 0.325 e. The second-order valence-electron chi connectivity index (χ2n) is 22.9. The fourth-order valence-electron chi connectivity index (χ4n) is 10.4. The van der Waals surface area contributed by atoms with Crippen LogP contribution in [0.3, 0.4) is 0 Å². The summed E-state index contributed by atoms with van der Waals surface area (Å²) in [5.41, 5.74) is 9.57. The predicted octanol–water partition coefficient (Wildman–Crippen LogP) is 7.05. The van der Waals surface area contributed by atoms with Gasteiger partial charge in [0.15, 0.2) is 0 Å². The Morgan fingerprint density at radius 3 is 1.48 bits per heavy atom. The van der Waals surface area contributed by atoms with Crippen LogP contribution in [-0.4, -0.2) is 117 Å². The van der Waals surface area contributed by atoms with Gasteiger partial charge in [-0.15, -0.1) is 0 Å². The van der Waals surface area contributed by atoms with Crippen LogP contribution < -0.4 is 32.1 Å². The molecule has 6 heterocycles. The molecule has 2 aromatic carbocycles. The number of nitrogens with one attached hydrogen (secondary N) is 6. The van der Waals surface area contributed by atoms with Crippen molar-refractivity contribution in [2.75, 3.05) is 13.1 Å². The Balaban J connectivity index is 0.000000236. The molecule has 20 nitrogen and oxygen atoms in total. The molecule has 0 unspecified atom stereocenters. The van der Waals surface area contributed by atoms with Crippen LogP contribution in [0.2, 0.25) is 0 Å². The van der Waals surface area contributed by atoms with Gasteiger partial charge in [0, 0.05) is 54.8 Å². The Bertz CT molecular complexity index is 2960. The first kappa shape index (κ1) is 62.3. The van der Waals surface area contributed by atoms with Crippen molar-refractivity contribution in [2.45, 2.75) is 194 Å². The summed E-state index contributed by atoms with van der Waals surface area (Å²) in [5, 5.41) is 18.0. The number of allylic oxidation sites excluding steroid dienone is 1. The van der Waals surface area contributed by atoms with Gasteiger partial charge in [-0.25, -0.2) is 10.9 Å². The Hall–Kier alpha value is -7.32. The van der Waals surface area contributed by atoms with Gasteiger partial charge in [-0.3, -0.25) is 58.3 Å². The van der Waals surface area contributed by atoms with Gasteiger partial charge >= 0.3 is 11.9 Å². The number of nitrogens with zero attached hydrogens (tertiary/aromatic N) is 4. The van der Waals surface area contributed by atoms with Crippen molar-refractivity contribution in [1.29, 1.82) is 0 Å². The number of ether oxygens (including phenoxy) is 2. The number of cyclic esters (lactones) is 2. The highest BCUT2D eigenvalue weighted by Gasteiger charge is 2.36. The maximum absolute atomic E-state index is 13.2. The molecule has 4 aromatic rings. The first-order valence-corrected chi connectivity index (χ1v) is 29.4. The average Bonchev–Trinajstić information content (AvgIpc) is 3.54. The van der Waals surface area contributed by atoms with Crippen molar-refractivity contribution in [3.8, 4) is 0 Å². The zero-order valence-electron chi connectivity index (χ0n) is 48.9. The van der Waals surface area contributed by atoms with Crippen LogP contribution in [0.15, 0.2) is 67.0 Å². The molecule has 2 fully saturated rings. The van der Waals surface area contributed by atoms with Crippen LogP contribution in [-0.2, 0) is 54.3 Å². The molecule has 4 aliphatic heterocycles. The molecule has 8 rings (SSSR count). The molecule has 10 bridgehead atoms. The van der Waals surface area contributed by atoms with Crippen molar-refractivity contribution in [3.63, 3.8) is 0 Å². The monoisotopic (exact) mass is 1130 g/mol. The minimum Gasteiger partial charge on any atom is -0.457 e. The van der Waals surface area contributed by atoms with E-state index < -0.39 is 72.2 Å². The third-order valence-electron chi connectivity index (χ3n) is 15.5. The van der Waals surface area contributed by atoms with Crippen LogP contribution in [0.25, 0.3) is 27.6 Å². The average molecular weight is 1130 g/mol. The summed E-state index contributed by atoms with van der Waals surface area (Å²) in [6.45, 7) is 15.1. The number of hydrogen-bond acceptors (Lipinski definition) is 14. The van der Waals surface area contributed by atoms with E-state index in [0.717, 1.165) is 89.0 Å². The Morgan fingerprint density at radius 1 is 0.512 bits per heavy atom. The van der Waals surface area contributed by atoms with Crippen LogP contribution in [0.4, 0.5) is 0 Å². The summed E-state index contributed by atoms with van der Waals surface area (Å²) in [6.07, 6.45) is 16.4. The molecule has 6 N–H and O–H groups in total. The fourth-order valence-corrected chi connectivity index (χ4v) is 10.4. The van der Waals surface area contributed by atoms with E-state index in [1.54, 1.807) is 13.8 Å². The zero-order valence-corrected chi connectivity index (χ0v) is 48.9. The number of amides is 6. The number of hydrazine groups is 2. The topological polar surface area (TPSA) is 259 Å². The number of carbonyl (C=O) groups excluding carboxylic acids is 8. The lowest BCUT2D eigenvalue weighted by Crippen LogP contribution is -2.61. The van der Waals surface area contributed by atoms with Gasteiger partial charge in [-0.2, -0.15) is 0 Å². The van der Waals surface area contributed by atoms with E-state index in [1.807, 2.05) is 109 Å². The number of benzene rings is 2. The van der Waals surface area contributed by atoms with Gasteiger partial charge in [-0.1, -0.05) is 70.9 Å². The number of fused-ring (bicyclic) bond motifs is 8. The second kappa shape index (κ2) is 29.6. The van der Waals surface area contributed by atoms with Gasteiger partial charge in [0.25, 0.3) is 11.8 Å². The van der Waals surface area contributed by atoms with E-state index in [2.05, 4.69) is 48.2 Å². The van der Waals surface area contributed by atoms with Crippen molar-refractivity contribution in [3.05, 3.63) is 89.5 Å². The van der Waals surface area contributed by atoms with Crippen molar-refractivity contribution >= 4 is 75.0 Å². The Labute approximate surface area is 481 Å². The third-order valence-corrected chi connectivity index (χ3v) is 15.5. The van der Waals surface area contributed by atoms with Crippen LogP contribution >= 0.6 is 0 Å². The summed E-state index contributed by atoms with van der Waals surface area (Å²) >= 11 is 0. The highest BCUT2D eigenvalue weighted by Crippen LogP contribution is 2.27. The molecule has 8 atom stereocenters. The van der Waals surface area contributed by atoms with Crippen molar-refractivity contribution in [1.82, 2.24) is 52.1 Å². The largest absolute Gasteiger partial charge is 0.457 e. The minimum atomic E-state index is -0.851. The lowest BCUT2D eigenvalue weighted by Gasteiger charge is -2.35. The number of aromatic nitrogens is 2. The molecule has 442 valence electrons. The number of esters is 2. The third kappa shape index (κ3) is 17.4. The molecule has 2 saturated heterocycles. The first-order chi connectivity index (χ1) is 39.2. The Kier molecular flexibility index (Phi) is 22.5. The summed E-state index contributed by atoms with van der Waals surface area (Å²) in [7, 11) is 0. The van der Waals surface area contributed by atoms with Crippen LogP contribution in [0.1, 0.15) is 174 Å². The van der Waals surface area contributed by atoms with Gasteiger partial charge < -0.3 is 30.7 Å². The molecule has 20 heteroatoms. The van der Waals surface area contributed by atoms with E-state index in [0.29, 0.717) is 58.0 Å². The SMILES string of the molecule is CC(C)[C@@H]1NC(=O)CCCC/C=C/c2cc3cc(ccc3cn2)[C@@H](C)OC(=O)[C@@H]2CCCN(N2)C(=O)[C@H](C)NC1=O.CC(C)[C@@H]1NC(=O)CCCCCCc2cc3cc(ccc3cn2)[C@@H](C)OC(=O)[C@@H]2CCCN(N2)C(=O)[C@H](C)NC1=O. The van der Waals surface area contributed by atoms with Crippen LogP contribution in [0.5, 0.6) is 0 Å². The van der Waals surface area contributed by atoms with Gasteiger partial charge in [0.1, 0.15) is 48.5 Å². The van der Waals surface area contributed by atoms with Gasteiger partial charge in [0.2, 0.25) is 23.6 Å². The molecule has 0 radical (unpaired) electrons. The fraction of sp³-hybridized carbons (Fsp3) is 0.548. The molecular formula is C62H84N10O10. The lowest BCUT2D eigenvalue weighted by molar-refractivity contribution is -0.158. The number of carbonyl (C=O) groups is 8. The molecule has 0 spiro atoms. The normalized spacial score (nSPS) is 26.2. The zero-order chi connectivity index (χ0) is 59.0. The highest BCUT2D eigenvalue weighted by molar-refractivity contribution is 5.93. The summed E-state index contributed by atoms with van der Waals surface area (Å²) < 4.78 is 11.6. The smallest absolute Gasteiger partial charge is 0.325 e. The quantitative estimate of drug-likeness (QED) is 0.110. The Morgan fingerprint density at radius 2 is 0.976 bits per heavy atom. The van der Waals surface area contributed by atoms with Crippen molar-refractivity contribution in [2.24, 2.45) is 11.8 Å². The molecule has 4 aliphatic rings. The van der Waals surface area contributed by atoms with E-state index in [-0.39, 0.29) is 35.5 Å². The molecular weight excluding hydrogens is 1040 g/mol. The minimum absolute atomic E-state index is 0.154. The molecule has 6 amide bonds. The van der Waals surface area contributed by atoms with Gasteiger partial charge in [0.05, 0.1) is 5.69 Å². The van der Waals surface area contributed by atoms with Crippen molar-refractivity contribution < 1.29 is 47.8 Å². The lowest BCUT2D eigenvalue weighted by atomic mass is 10.0. The molecule has 0 aliphatic carbocycles. The van der Waals surface area contributed by atoms with E-state index in [9.17, 15) is 38.4 Å². The summed E-state index contributed by atoms with van der Waals surface area (Å²) in [6, 6.07) is 11.4. The molecule has 2 aromatic heterocycles. The standard InChI is InChI=1S/C31H43N5O5.C31H41N5O5/c2*1-19(2)28-29(38)33-20(3)30(39)36-15-9-11-26(35-36)31(40)41-21(4)22-13-14-23-18-32-25(17-24(23)16-22)10-7-5-6-8-12-27(37)34-28/h13-14,16-21,26,28,35H,5-12,15H2,1-4H3,(H,33,38)(H,34,37);7,10,13-14,16-21,26,28,35H,5-6,8-9,11-12,15H2,1-4H3,(H,33,38)(H,34,37)/b;10-7+/t2*20-,21+,26-,28-/m00/s1. The predicted molar refractivity (Wildman–Crippen MR) is 311 cm³/mol. The van der Waals surface area contributed by atoms with Crippen LogP contribution in [0, 0.1) is 11.8 Å². The number of rotatable bonds is 2. The van der Waals surface area contributed by atoms with Gasteiger partial charge in [-0.05, 0) is 156 Å².